The topological polar surface area (TPSA) is 115 Å². The van der Waals surface area contributed by atoms with Crippen molar-refractivity contribution >= 4 is 40.9 Å². The molecule has 6 atom stereocenters. The molecule has 0 bridgehead atoms. The van der Waals surface area contributed by atoms with Crippen LogP contribution in [0.15, 0.2) is 66.2 Å². The zero-order chi connectivity index (χ0) is 33.5. The van der Waals surface area contributed by atoms with Gasteiger partial charge in [-0.2, -0.15) is 0 Å². The smallest absolute Gasteiger partial charge is 0.241 e. The summed E-state index contributed by atoms with van der Waals surface area (Å²) in [6.07, 6.45) is 2.93. The second kappa shape index (κ2) is 11.0. The normalized spacial score (nSPS) is 28.4. The van der Waals surface area contributed by atoms with Gasteiger partial charge in [-0.15, -0.1) is 0 Å². The third-order valence-corrected chi connectivity index (χ3v) is 11.2. The highest BCUT2D eigenvalue weighted by Gasteiger charge is 2.67. The van der Waals surface area contributed by atoms with E-state index in [0.29, 0.717) is 24.0 Å². The van der Waals surface area contributed by atoms with Gasteiger partial charge < -0.3 is 10.2 Å². The van der Waals surface area contributed by atoms with E-state index in [1.54, 1.807) is 45.0 Å². The first-order valence-corrected chi connectivity index (χ1v) is 16.2. The third-order valence-electron chi connectivity index (χ3n) is 10.9. The number of carbonyl (C=O) groups is 4. The molecule has 0 radical (unpaired) electrons. The lowest BCUT2D eigenvalue weighted by molar-refractivity contribution is -0.140. The van der Waals surface area contributed by atoms with Gasteiger partial charge >= 0.3 is 0 Å². The number of hydrogen-bond donors (Lipinski definition) is 2. The predicted octanol–water partition coefficient (Wildman–Crippen LogP) is 5.98. The Kier molecular flexibility index (Phi) is 7.31. The van der Waals surface area contributed by atoms with Crippen LogP contribution >= 0.6 is 11.6 Å². The van der Waals surface area contributed by atoms with Gasteiger partial charge in [0.15, 0.2) is 0 Å². The number of rotatable bonds is 5. The van der Waals surface area contributed by atoms with E-state index >= 15 is 0 Å². The molecule has 2 saturated heterocycles. The van der Waals surface area contributed by atoms with E-state index < -0.39 is 52.6 Å². The molecule has 2 heterocycles. The van der Waals surface area contributed by atoms with Crippen LogP contribution in [0.2, 0.25) is 5.02 Å². The molecule has 6 unspecified atom stereocenters. The number of anilines is 1. The Labute approximate surface area is 276 Å². The van der Waals surface area contributed by atoms with Gasteiger partial charge in [-0.3, -0.25) is 24.1 Å². The number of hydrogen-bond acceptors (Lipinski definition) is 6. The van der Waals surface area contributed by atoms with E-state index in [2.05, 4.69) is 0 Å². The first kappa shape index (κ1) is 31.1. The van der Waals surface area contributed by atoms with Crippen LogP contribution in [0.4, 0.5) is 10.1 Å². The summed E-state index contributed by atoms with van der Waals surface area (Å²) in [5.41, 5.74) is 2.58. The summed E-state index contributed by atoms with van der Waals surface area (Å²) in [6, 6.07) is 14.0. The highest BCUT2D eigenvalue weighted by atomic mass is 35.5. The Hall–Kier alpha value is -4.50. The Morgan fingerprint density at radius 1 is 0.915 bits per heavy atom. The van der Waals surface area contributed by atoms with Gasteiger partial charge in [-0.25, -0.2) is 9.29 Å². The molecule has 0 spiro atoms. The summed E-state index contributed by atoms with van der Waals surface area (Å²) < 4.78 is 14.1. The van der Waals surface area contributed by atoms with Crippen LogP contribution in [0.1, 0.15) is 47.9 Å². The van der Waals surface area contributed by atoms with Crippen molar-refractivity contribution in [1.82, 2.24) is 4.90 Å². The van der Waals surface area contributed by atoms with Crippen LogP contribution in [0.5, 0.6) is 11.5 Å². The number of nitrogens with zero attached hydrogens (tertiary/aromatic N) is 2. The number of fused-ring (bicyclic) bond motifs is 4. The van der Waals surface area contributed by atoms with E-state index in [-0.39, 0.29) is 47.0 Å². The summed E-state index contributed by atoms with van der Waals surface area (Å²) in [5.74, 6) is -5.06. The van der Waals surface area contributed by atoms with Crippen molar-refractivity contribution in [3.05, 3.63) is 99.3 Å². The molecule has 4 aliphatic rings. The van der Waals surface area contributed by atoms with E-state index in [1.807, 2.05) is 18.2 Å². The zero-order valence-electron chi connectivity index (χ0n) is 26.2. The van der Waals surface area contributed by atoms with Crippen LogP contribution < -0.4 is 4.90 Å². The van der Waals surface area contributed by atoms with Crippen molar-refractivity contribution in [2.45, 2.75) is 46.0 Å². The summed E-state index contributed by atoms with van der Waals surface area (Å²) in [6.45, 7) is 5.52. The SMILES string of the molecule is Cc1cc(C2C3=CCC4C(=O)N(CCc5ccc(O)cc5)C(=O)C4C3CC3C(=O)N(c4ccc(F)c(Cl)c4)C(=O)C32C)cc(C)c1O. The van der Waals surface area contributed by atoms with Gasteiger partial charge in [0.2, 0.25) is 23.6 Å². The van der Waals surface area contributed by atoms with Gasteiger partial charge in [-0.05, 0) is 98.5 Å². The molecule has 4 amide bonds. The fraction of sp³-hybridized carbons (Fsp3) is 0.351. The number of phenolic OH excluding ortho intramolecular Hbond substituents is 2. The maximum atomic E-state index is 14.5. The van der Waals surface area contributed by atoms with Crippen molar-refractivity contribution in [2.24, 2.45) is 29.1 Å². The highest BCUT2D eigenvalue weighted by Crippen LogP contribution is 2.63. The number of halogens is 2. The number of phenols is 2. The number of imide groups is 2. The van der Waals surface area contributed by atoms with Crippen LogP contribution in [-0.2, 0) is 25.6 Å². The number of aryl methyl sites for hydroxylation is 2. The Balaban J connectivity index is 1.31. The molecule has 2 N–H and O–H groups in total. The lowest BCUT2D eigenvalue weighted by Crippen LogP contribution is -2.49. The summed E-state index contributed by atoms with van der Waals surface area (Å²) in [7, 11) is 0. The second-order valence-electron chi connectivity index (χ2n) is 13.5. The van der Waals surface area contributed by atoms with Crippen molar-refractivity contribution in [1.29, 1.82) is 0 Å². The molecule has 8 nitrogen and oxygen atoms in total. The Bertz CT molecular complexity index is 1880. The van der Waals surface area contributed by atoms with E-state index in [1.165, 1.54) is 17.0 Å². The first-order valence-electron chi connectivity index (χ1n) is 15.8. The number of amides is 4. The maximum absolute atomic E-state index is 14.5. The van der Waals surface area contributed by atoms with Gasteiger partial charge in [0.1, 0.15) is 17.3 Å². The highest BCUT2D eigenvalue weighted by molar-refractivity contribution is 6.31. The molecule has 3 aromatic carbocycles. The minimum absolute atomic E-state index is 0.130. The van der Waals surface area contributed by atoms with Gasteiger partial charge in [0.05, 0.1) is 33.9 Å². The quantitative estimate of drug-likeness (QED) is 0.258. The molecule has 1 saturated carbocycles. The summed E-state index contributed by atoms with van der Waals surface area (Å²) >= 11 is 6.08. The van der Waals surface area contributed by atoms with Gasteiger partial charge in [0, 0.05) is 12.5 Å². The lowest BCUT2D eigenvalue weighted by atomic mass is 9.51. The second-order valence-corrected chi connectivity index (χ2v) is 13.9. The fourth-order valence-electron chi connectivity index (χ4n) is 8.61. The summed E-state index contributed by atoms with van der Waals surface area (Å²) in [5, 5.41) is 20.0. The van der Waals surface area contributed by atoms with Gasteiger partial charge in [-0.1, -0.05) is 47.5 Å². The van der Waals surface area contributed by atoms with Crippen molar-refractivity contribution in [2.75, 3.05) is 11.4 Å². The Morgan fingerprint density at radius 2 is 1.60 bits per heavy atom. The molecular weight excluding hydrogens is 623 g/mol. The first-order chi connectivity index (χ1) is 22.3. The van der Waals surface area contributed by atoms with Crippen molar-refractivity contribution < 1.29 is 33.8 Å². The van der Waals surface area contributed by atoms with Crippen molar-refractivity contribution in [3.63, 3.8) is 0 Å². The minimum Gasteiger partial charge on any atom is -0.508 e. The van der Waals surface area contributed by atoms with Crippen LogP contribution in [0.25, 0.3) is 0 Å². The van der Waals surface area contributed by atoms with Crippen molar-refractivity contribution in [3.8, 4) is 11.5 Å². The average Bonchev–Trinajstić information content (AvgIpc) is 3.40. The van der Waals surface area contributed by atoms with Crippen LogP contribution in [0, 0.1) is 48.8 Å². The van der Waals surface area contributed by atoms with Crippen LogP contribution in [0.3, 0.4) is 0 Å². The standard InChI is InChI=1S/C37H34ClFN2O6/c1-18-14-21(15-19(2)32(18)43)31-24-9-10-25-30(35(46)40(33(25)44)13-12-20-4-7-23(42)8-5-20)26(24)17-27-34(45)41(36(47)37(27,31)3)22-6-11-29(39)28(38)16-22/h4-9,11,14-16,25-27,30-31,42-43H,10,12-13,17H2,1-3H3. The monoisotopic (exact) mass is 656 g/mol. The largest absolute Gasteiger partial charge is 0.508 e. The minimum atomic E-state index is -1.27. The number of benzene rings is 3. The predicted molar refractivity (Wildman–Crippen MR) is 172 cm³/mol. The number of likely N-dealkylation sites (tertiary alicyclic amines) is 1. The lowest BCUT2D eigenvalue weighted by Gasteiger charge is -2.49. The maximum Gasteiger partial charge on any atom is 0.241 e. The van der Waals surface area contributed by atoms with Gasteiger partial charge in [0.25, 0.3) is 0 Å². The summed E-state index contributed by atoms with van der Waals surface area (Å²) in [4.78, 5) is 59.1. The third kappa shape index (κ3) is 4.61. The molecule has 3 fully saturated rings. The molecule has 2 aliphatic heterocycles. The number of allylic oxidation sites excluding steroid dienone is 2. The molecular formula is C37H34ClFN2O6. The molecule has 0 aromatic heterocycles. The molecule has 47 heavy (non-hydrogen) atoms. The molecule has 242 valence electrons. The average molecular weight is 657 g/mol. The zero-order valence-corrected chi connectivity index (χ0v) is 26.9. The van der Waals surface area contributed by atoms with E-state index in [0.717, 1.165) is 27.7 Å². The Morgan fingerprint density at radius 3 is 2.26 bits per heavy atom. The molecule has 7 rings (SSSR count). The fourth-order valence-corrected chi connectivity index (χ4v) is 8.79. The molecule has 10 heteroatoms. The molecule has 2 aliphatic carbocycles. The van der Waals surface area contributed by atoms with Crippen LogP contribution in [-0.4, -0.2) is 45.3 Å². The molecule has 3 aromatic rings. The number of carbonyl (C=O) groups excluding carboxylic acids is 4. The van der Waals surface area contributed by atoms with E-state index in [9.17, 15) is 33.8 Å². The van der Waals surface area contributed by atoms with E-state index in [4.69, 9.17) is 11.6 Å². The number of aromatic hydroxyl groups is 2.